The number of hydrogen-bond acceptors (Lipinski definition) is 4. The summed E-state index contributed by atoms with van der Waals surface area (Å²) in [5, 5.41) is 3.19. The zero-order valence-corrected chi connectivity index (χ0v) is 12.2. The first kappa shape index (κ1) is 14.1. The fourth-order valence-corrected chi connectivity index (χ4v) is 2.18. The number of hydrogen-bond donors (Lipinski definition) is 1. The number of anilines is 1. The van der Waals surface area contributed by atoms with Crippen LogP contribution < -0.4 is 5.32 Å². The highest BCUT2D eigenvalue weighted by Crippen LogP contribution is 2.23. The third-order valence-electron chi connectivity index (χ3n) is 2.26. The molecule has 1 amide bonds. The summed E-state index contributed by atoms with van der Waals surface area (Å²) >= 11 is 13.2. The number of benzene rings is 1. The molecule has 0 unspecified atom stereocenters. The van der Waals surface area contributed by atoms with Gasteiger partial charge in [0.2, 0.25) is 0 Å². The van der Waals surface area contributed by atoms with Crippen molar-refractivity contribution in [2.24, 2.45) is 0 Å². The normalized spacial score (nSPS) is 10.3. The number of thioether (sulfide) groups is 1. The lowest BCUT2D eigenvalue weighted by molar-refractivity contribution is 0.102. The van der Waals surface area contributed by atoms with E-state index >= 15 is 0 Å². The number of halogens is 2. The Labute approximate surface area is 124 Å². The van der Waals surface area contributed by atoms with Crippen molar-refractivity contribution in [2.45, 2.75) is 4.90 Å². The van der Waals surface area contributed by atoms with Crippen LogP contribution in [-0.2, 0) is 0 Å². The van der Waals surface area contributed by atoms with Crippen molar-refractivity contribution < 1.29 is 4.79 Å². The van der Waals surface area contributed by atoms with Crippen LogP contribution in [-0.4, -0.2) is 22.1 Å². The summed E-state index contributed by atoms with van der Waals surface area (Å²) in [6, 6.07) is 5.26. The maximum Gasteiger partial charge on any atom is 0.258 e. The quantitative estimate of drug-likeness (QED) is 0.877. The highest BCUT2D eigenvalue weighted by molar-refractivity contribution is 7.98. The van der Waals surface area contributed by atoms with Crippen molar-refractivity contribution in [1.29, 1.82) is 0 Å². The van der Waals surface area contributed by atoms with Gasteiger partial charge in [0.15, 0.2) is 5.82 Å². The molecule has 2 rings (SSSR count). The average molecular weight is 314 g/mol. The van der Waals surface area contributed by atoms with E-state index in [1.807, 2.05) is 12.3 Å². The summed E-state index contributed by atoms with van der Waals surface area (Å²) in [6.07, 6.45) is 4.72. The molecule has 0 radical (unpaired) electrons. The molecule has 1 aromatic heterocycles. The minimum atomic E-state index is -0.350. The molecule has 0 saturated carbocycles. The number of carbonyl (C=O) groups excluding carboxylic acids is 1. The second kappa shape index (κ2) is 6.23. The van der Waals surface area contributed by atoms with Crippen LogP contribution in [0.25, 0.3) is 0 Å². The first-order valence-corrected chi connectivity index (χ1v) is 7.20. The van der Waals surface area contributed by atoms with Gasteiger partial charge in [-0.25, -0.2) is 4.98 Å². The summed E-state index contributed by atoms with van der Waals surface area (Å²) in [4.78, 5) is 20.8. The number of nitrogens with zero attached hydrogens (tertiary/aromatic N) is 2. The Hall–Kier alpha value is -1.30. The van der Waals surface area contributed by atoms with Crippen LogP contribution in [0.2, 0.25) is 10.2 Å². The Morgan fingerprint density at radius 2 is 2.11 bits per heavy atom. The molecule has 7 heteroatoms. The van der Waals surface area contributed by atoms with Crippen LogP contribution in [0, 0.1) is 0 Å². The summed E-state index contributed by atoms with van der Waals surface area (Å²) in [6.45, 7) is 0. The lowest BCUT2D eigenvalue weighted by Gasteiger charge is -2.07. The summed E-state index contributed by atoms with van der Waals surface area (Å²) in [7, 11) is 0. The number of amides is 1. The molecule has 0 saturated heterocycles. The van der Waals surface area contributed by atoms with Gasteiger partial charge in [0, 0.05) is 4.90 Å². The molecule has 4 nitrogen and oxygen atoms in total. The molecule has 19 heavy (non-hydrogen) atoms. The van der Waals surface area contributed by atoms with Gasteiger partial charge in [-0.05, 0) is 24.5 Å². The van der Waals surface area contributed by atoms with Crippen LogP contribution >= 0.6 is 35.0 Å². The van der Waals surface area contributed by atoms with Gasteiger partial charge >= 0.3 is 0 Å². The zero-order valence-electron chi connectivity index (χ0n) is 9.85. The fourth-order valence-electron chi connectivity index (χ4n) is 1.39. The van der Waals surface area contributed by atoms with Crippen molar-refractivity contribution in [3.05, 3.63) is 46.3 Å². The van der Waals surface area contributed by atoms with E-state index in [-0.39, 0.29) is 16.9 Å². The Morgan fingerprint density at radius 1 is 1.32 bits per heavy atom. The number of nitrogens with one attached hydrogen (secondary N) is 1. The summed E-state index contributed by atoms with van der Waals surface area (Å²) in [5.74, 6) is -0.0689. The molecule has 2 aromatic rings. The lowest BCUT2D eigenvalue weighted by atomic mass is 10.2. The third kappa shape index (κ3) is 3.59. The third-order valence-corrected chi connectivity index (χ3v) is 3.50. The molecule has 0 aliphatic carbocycles. The van der Waals surface area contributed by atoms with Crippen molar-refractivity contribution in [1.82, 2.24) is 9.97 Å². The van der Waals surface area contributed by atoms with E-state index in [9.17, 15) is 4.79 Å². The molecular formula is C12H9Cl2N3OS. The van der Waals surface area contributed by atoms with E-state index in [0.29, 0.717) is 10.6 Å². The molecule has 0 atom stereocenters. The smallest absolute Gasteiger partial charge is 0.258 e. The zero-order chi connectivity index (χ0) is 13.8. The highest BCUT2D eigenvalue weighted by atomic mass is 35.5. The molecule has 98 valence electrons. The molecule has 0 bridgehead atoms. The standard InChI is InChI=1S/C12H9Cl2N3OS/c1-19-7-2-3-9(13)8(4-7)12(18)17-11-6-15-5-10(14)16-11/h2-6H,1H3,(H,16,17,18). The van der Waals surface area contributed by atoms with Gasteiger partial charge in [-0.15, -0.1) is 11.8 Å². The van der Waals surface area contributed by atoms with Gasteiger partial charge in [-0.2, -0.15) is 0 Å². The Bertz CT molecular complexity index is 622. The second-order valence-corrected chi connectivity index (χ2v) is 5.20. The van der Waals surface area contributed by atoms with E-state index < -0.39 is 0 Å². The first-order chi connectivity index (χ1) is 9.10. The van der Waals surface area contributed by atoms with Gasteiger partial charge in [0.25, 0.3) is 5.91 Å². The van der Waals surface area contributed by atoms with Gasteiger partial charge in [-0.1, -0.05) is 23.2 Å². The Kier molecular flexibility index (Phi) is 4.63. The van der Waals surface area contributed by atoms with Gasteiger partial charge in [0.1, 0.15) is 5.15 Å². The molecule has 0 spiro atoms. The minimum absolute atomic E-state index is 0.210. The predicted octanol–water partition coefficient (Wildman–Crippen LogP) is 3.76. The maximum absolute atomic E-state index is 12.1. The fraction of sp³-hybridized carbons (Fsp3) is 0.0833. The molecule has 1 aromatic carbocycles. The van der Waals surface area contributed by atoms with Gasteiger partial charge in [0.05, 0.1) is 23.0 Å². The monoisotopic (exact) mass is 313 g/mol. The number of rotatable bonds is 3. The Morgan fingerprint density at radius 3 is 2.79 bits per heavy atom. The molecule has 0 aliphatic heterocycles. The topological polar surface area (TPSA) is 54.9 Å². The van der Waals surface area contributed by atoms with Crippen LogP contribution in [0.5, 0.6) is 0 Å². The van der Waals surface area contributed by atoms with E-state index in [4.69, 9.17) is 23.2 Å². The Balaban J connectivity index is 2.25. The van der Waals surface area contributed by atoms with Gasteiger partial charge < -0.3 is 5.32 Å². The van der Waals surface area contributed by atoms with Crippen LogP contribution in [0.4, 0.5) is 5.82 Å². The highest BCUT2D eigenvalue weighted by Gasteiger charge is 2.12. The van der Waals surface area contributed by atoms with Crippen molar-refractivity contribution in [3.8, 4) is 0 Å². The van der Waals surface area contributed by atoms with Crippen molar-refractivity contribution >= 4 is 46.7 Å². The van der Waals surface area contributed by atoms with E-state index in [1.54, 1.807) is 12.1 Å². The first-order valence-electron chi connectivity index (χ1n) is 5.22. The van der Waals surface area contributed by atoms with Crippen molar-refractivity contribution in [3.63, 3.8) is 0 Å². The lowest BCUT2D eigenvalue weighted by Crippen LogP contribution is -2.13. The van der Waals surface area contributed by atoms with Gasteiger partial charge in [-0.3, -0.25) is 9.78 Å². The van der Waals surface area contributed by atoms with E-state index in [1.165, 1.54) is 24.2 Å². The molecule has 1 N–H and O–H groups in total. The van der Waals surface area contributed by atoms with E-state index in [2.05, 4.69) is 15.3 Å². The summed E-state index contributed by atoms with van der Waals surface area (Å²) < 4.78 is 0. The second-order valence-electron chi connectivity index (χ2n) is 3.53. The number of carbonyl (C=O) groups is 1. The molecule has 0 fully saturated rings. The summed E-state index contributed by atoms with van der Waals surface area (Å²) in [5.41, 5.74) is 0.385. The molecule has 1 heterocycles. The largest absolute Gasteiger partial charge is 0.305 e. The number of aromatic nitrogens is 2. The average Bonchev–Trinajstić information content (AvgIpc) is 2.39. The van der Waals surface area contributed by atoms with Crippen LogP contribution in [0.15, 0.2) is 35.5 Å². The van der Waals surface area contributed by atoms with Crippen molar-refractivity contribution in [2.75, 3.05) is 11.6 Å². The maximum atomic E-state index is 12.1. The predicted molar refractivity (Wildman–Crippen MR) is 78.2 cm³/mol. The van der Waals surface area contributed by atoms with E-state index in [0.717, 1.165) is 4.90 Å². The molecular weight excluding hydrogens is 305 g/mol. The SMILES string of the molecule is CSc1ccc(Cl)c(C(=O)Nc2cncc(Cl)n2)c1. The minimum Gasteiger partial charge on any atom is -0.305 e. The molecule has 0 aliphatic rings. The van der Waals surface area contributed by atoms with Crippen LogP contribution in [0.3, 0.4) is 0 Å². The van der Waals surface area contributed by atoms with Crippen LogP contribution in [0.1, 0.15) is 10.4 Å².